The molecule has 0 saturated carbocycles. The van der Waals surface area contributed by atoms with Crippen LogP contribution in [0.15, 0.2) is 68.8 Å². The number of methoxy groups -OCH3 is 1. The summed E-state index contributed by atoms with van der Waals surface area (Å²) >= 11 is 4.16. The lowest BCUT2D eigenvalue weighted by Gasteiger charge is -2.12. The Morgan fingerprint density at radius 1 is 1.14 bits per heavy atom. The molecule has 0 atom stereocenters. The molecule has 0 spiro atoms. The molecule has 222 valence electrons. The maximum atomic E-state index is 13.9. The maximum absolute atomic E-state index is 13.9. The summed E-state index contributed by atoms with van der Waals surface area (Å²) in [6.07, 6.45) is 1.52. The third kappa shape index (κ3) is 6.42. The second-order valence-corrected chi connectivity index (χ2v) is 13.7. The predicted molar refractivity (Wildman–Crippen MR) is 170 cm³/mol. The van der Waals surface area contributed by atoms with Gasteiger partial charge in [-0.05, 0) is 95.0 Å². The zero-order valence-electron chi connectivity index (χ0n) is 23.8. The average Bonchev–Trinajstić information content (AvgIpc) is 3.27. The fourth-order valence-electron chi connectivity index (χ4n) is 4.07. The Bertz CT molecular complexity index is 2090. The number of ether oxygens (including phenoxy) is 1. The van der Waals surface area contributed by atoms with Gasteiger partial charge in [-0.25, -0.2) is 12.7 Å². The van der Waals surface area contributed by atoms with E-state index in [4.69, 9.17) is 4.74 Å². The Kier molecular flexibility index (Phi) is 9.26. The molecule has 0 saturated heterocycles. The lowest BCUT2D eigenvalue weighted by molar-refractivity contribution is -0.111. The molecule has 10 nitrogen and oxygen atoms in total. The molecule has 43 heavy (non-hydrogen) atoms. The van der Waals surface area contributed by atoms with Crippen LogP contribution in [-0.4, -0.2) is 49.5 Å². The van der Waals surface area contributed by atoms with Gasteiger partial charge in [0.25, 0.3) is 11.5 Å². The number of aromatic hydroxyl groups is 1. The molecule has 1 amide bonds. The summed E-state index contributed by atoms with van der Waals surface area (Å²) in [6, 6.07) is 16.1. The van der Waals surface area contributed by atoms with Gasteiger partial charge in [0.1, 0.15) is 10.7 Å². The number of nitrogens with zero attached hydrogens (tertiary/aromatic N) is 3. The van der Waals surface area contributed by atoms with Gasteiger partial charge in [0.05, 0.1) is 26.7 Å². The first-order valence-electron chi connectivity index (χ1n) is 12.6. The Balaban J connectivity index is 2.03. The second kappa shape index (κ2) is 12.6. The van der Waals surface area contributed by atoms with Gasteiger partial charge in [-0.1, -0.05) is 12.1 Å². The van der Waals surface area contributed by atoms with E-state index in [1.165, 1.54) is 57.6 Å². The monoisotopic (exact) mass is 682 g/mol. The Morgan fingerprint density at radius 2 is 1.86 bits per heavy atom. The summed E-state index contributed by atoms with van der Waals surface area (Å²) in [5.74, 6) is -0.694. The minimum Gasteiger partial charge on any atom is -0.503 e. The van der Waals surface area contributed by atoms with Gasteiger partial charge in [0, 0.05) is 19.8 Å². The standard InChI is InChI=1S/C30H27BrN4O6S2/c1-17-9-10-20(11-18(17)2)33-28(37)23(16-32)30-35(21-7-6-8-22(15-21)43(39,40)34(3)4)29(38)26(42-30)14-19-12-24(31)27(36)25(13-19)41-5/h6-15,36H,1-5H3,(H,33,37)/b26-14-,30-23-. The van der Waals surface area contributed by atoms with Crippen LogP contribution in [-0.2, 0) is 14.8 Å². The molecule has 0 aliphatic heterocycles. The van der Waals surface area contributed by atoms with Crippen LogP contribution >= 0.6 is 27.3 Å². The first-order chi connectivity index (χ1) is 20.3. The van der Waals surface area contributed by atoms with E-state index in [9.17, 15) is 28.4 Å². The largest absolute Gasteiger partial charge is 0.503 e. The van der Waals surface area contributed by atoms with Crippen LogP contribution in [0.2, 0.25) is 0 Å². The van der Waals surface area contributed by atoms with Crippen molar-refractivity contribution < 1.29 is 23.1 Å². The van der Waals surface area contributed by atoms with Crippen LogP contribution in [0.5, 0.6) is 11.5 Å². The van der Waals surface area contributed by atoms with Crippen molar-refractivity contribution in [3.63, 3.8) is 0 Å². The van der Waals surface area contributed by atoms with Crippen molar-refractivity contribution >= 4 is 60.5 Å². The number of phenols is 1. The average molecular weight is 684 g/mol. The van der Waals surface area contributed by atoms with Crippen LogP contribution in [0, 0.1) is 25.2 Å². The normalized spacial score (nSPS) is 12.7. The zero-order valence-corrected chi connectivity index (χ0v) is 27.0. The molecule has 0 fully saturated rings. The first-order valence-corrected chi connectivity index (χ1v) is 15.7. The molecule has 1 heterocycles. The molecule has 0 bridgehead atoms. The number of hydrogen-bond donors (Lipinski definition) is 2. The van der Waals surface area contributed by atoms with E-state index in [0.717, 1.165) is 31.3 Å². The van der Waals surface area contributed by atoms with Gasteiger partial charge in [-0.2, -0.15) is 5.26 Å². The molecular formula is C30H27BrN4O6S2. The molecule has 1 aromatic heterocycles. The van der Waals surface area contributed by atoms with E-state index in [1.807, 2.05) is 26.0 Å². The second-order valence-electron chi connectivity index (χ2n) is 9.63. The third-order valence-electron chi connectivity index (χ3n) is 6.56. The molecule has 3 aromatic carbocycles. The number of anilines is 1. The summed E-state index contributed by atoms with van der Waals surface area (Å²) in [5, 5.41) is 23.1. The molecule has 0 unspecified atom stereocenters. The minimum atomic E-state index is -3.86. The Hall–Kier alpha value is -4.22. The lowest BCUT2D eigenvalue weighted by atomic mass is 10.1. The summed E-state index contributed by atoms with van der Waals surface area (Å²) in [6.45, 7) is 3.83. The number of nitriles is 1. The number of halogens is 1. The van der Waals surface area contributed by atoms with Gasteiger partial charge < -0.3 is 15.2 Å². The smallest absolute Gasteiger partial charge is 0.273 e. The number of hydrogen-bond acceptors (Lipinski definition) is 8. The summed E-state index contributed by atoms with van der Waals surface area (Å²) < 4.78 is 33.6. The highest BCUT2D eigenvalue weighted by atomic mass is 79.9. The Morgan fingerprint density at radius 3 is 2.49 bits per heavy atom. The SMILES string of the molecule is COc1cc(/C=c2\s/c(=C(/C#N)C(=O)Nc3ccc(C)c(C)c3)n(-c3cccc(S(=O)(=O)N(C)C)c3)c2=O)cc(Br)c1O. The minimum absolute atomic E-state index is 0.00398. The van der Waals surface area contributed by atoms with Crippen LogP contribution in [0.25, 0.3) is 17.3 Å². The summed E-state index contributed by atoms with van der Waals surface area (Å²) in [4.78, 5) is 27.3. The van der Waals surface area contributed by atoms with E-state index in [1.54, 1.807) is 18.2 Å². The number of amides is 1. The molecule has 4 rings (SSSR count). The predicted octanol–water partition coefficient (Wildman–Crippen LogP) is 3.38. The summed E-state index contributed by atoms with van der Waals surface area (Å²) in [7, 11) is 0.303. The van der Waals surface area contributed by atoms with Crippen LogP contribution in [0.1, 0.15) is 16.7 Å². The van der Waals surface area contributed by atoms with Crippen molar-refractivity contribution in [3.8, 4) is 23.3 Å². The van der Waals surface area contributed by atoms with Crippen LogP contribution in [0.4, 0.5) is 5.69 Å². The van der Waals surface area contributed by atoms with Crippen molar-refractivity contribution in [2.45, 2.75) is 18.7 Å². The highest BCUT2D eigenvalue weighted by molar-refractivity contribution is 9.10. The molecule has 2 N–H and O–H groups in total. The first kappa shape index (κ1) is 31.7. The van der Waals surface area contributed by atoms with Crippen molar-refractivity contribution in [2.75, 3.05) is 26.5 Å². The fraction of sp³-hybridized carbons (Fsp3) is 0.167. The number of carbonyl (C=O) groups is 1. The number of aryl methyl sites for hydroxylation is 2. The number of phenolic OH excluding ortho intramolecular Hbond substituents is 1. The van der Waals surface area contributed by atoms with E-state index >= 15 is 0 Å². The fourth-order valence-corrected chi connectivity index (χ4v) is 6.57. The van der Waals surface area contributed by atoms with Crippen molar-refractivity contribution in [2.24, 2.45) is 0 Å². The van der Waals surface area contributed by atoms with E-state index in [-0.39, 0.29) is 36.9 Å². The number of carbonyl (C=O) groups excluding carboxylic acids is 1. The number of rotatable bonds is 7. The number of benzene rings is 3. The summed E-state index contributed by atoms with van der Waals surface area (Å²) in [5.41, 5.74) is 2.14. The molecule has 4 aromatic rings. The van der Waals surface area contributed by atoms with Gasteiger partial charge >= 0.3 is 0 Å². The van der Waals surface area contributed by atoms with E-state index in [2.05, 4.69) is 21.2 Å². The third-order valence-corrected chi connectivity index (χ3v) is 10.1. The van der Waals surface area contributed by atoms with Gasteiger partial charge in [0.15, 0.2) is 17.1 Å². The van der Waals surface area contributed by atoms with Crippen molar-refractivity contribution in [3.05, 3.63) is 95.3 Å². The molecule has 0 aliphatic rings. The van der Waals surface area contributed by atoms with Crippen LogP contribution < -0.4 is 24.8 Å². The molecule has 0 radical (unpaired) electrons. The highest BCUT2D eigenvalue weighted by Crippen LogP contribution is 2.35. The zero-order chi connectivity index (χ0) is 31.6. The number of nitrogens with one attached hydrogen (secondary N) is 1. The van der Waals surface area contributed by atoms with E-state index in [0.29, 0.717) is 15.7 Å². The maximum Gasteiger partial charge on any atom is 0.273 e. The molecule has 13 heteroatoms. The highest BCUT2D eigenvalue weighted by Gasteiger charge is 2.21. The van der Waals surface area contributed by atoms with Gasteiger partial charge in [0.2, 0.25) is 10.0 Å². The van der Waals surface area contributed by atoms with Gasteiger partial charge in [-0.15, -0.1) is 11.3 Å². The number of sulfonamides is 1. The lowest BCUT2D eigenvalue weighted by Crippen LogP contribution is -2.32. The number of aromatic nitrogens is 1. The van der Waals surface area contributed by atoms with E-state index < -0.39 is 21.5 Å². The van der Waals surface area contributed by atoms with Crippen LogP contribution in [0.3, 0.4) is 0 Å². The van der Waals surface area contributed by atoms with Crippen molar-refractivity contribution in [1.82, 2.24) is 8.87 Å². The Labute approximate surface area is 260 Å². The topological polar surface area (TPSA) is 142 Å². The number of thiazole rings is 1. The van der Waals surface area contributed by atoms with Gasteiger partial charge in [-0.3, -0.25) is 14.2 Å². The molecule has 0 aliphatic carbocycles. The molecular weight excluding hydrogens is 656 g/mol. The quantitative estimate of drug-likeness (QED) is 0.304. The van der Waals surface area contributed by atoms with Crippen molar-refractivity contribution in [1.29, 1.82) is 5.26 Å².